The van der Waals surface area contributed by atoms with E-state index in [1.807, 2.05) is 60.7 Å². The van der Waals surface area contributed by atoms with E-state index in [1.165, 1.54) is 0 Å². The Balaban J connectivity index is 1.57. The number of hydrogen-bond acceptors (Lipinski definition) is 5. The van der Waals surface area contributed by atoms with E-state index in [2.05, 4.69) is 4.98 Å². The predicted octanol–water partition coefficient (Wildman–Crippen LogP) is 7.12. The number of ether oxygens (including phenoxy) is 1. The third-order valence-electron chi connectivity index (χ3n) is 5.88. The van der Waals surface area contributed by atoms with Crippen LogP contribution in [0, 0.1) is 0 Å². The van der Waals surface area contributed by atoms with Crippen LogP contribution >= 0.6 is 35.0 Å². The highest BCUT2D eigenvalue weighted by Crippen LogP contribution is 2.38. The van der Waals surface area contributed by atoms with Crippen molar-refractivity contribution in [3.05, 3.63) is 105 Å². The van der Waals surface area contributed by atoms with Crippen LogP contribution < -0.4 is 4.74 Å². The van der Waals surface area contributed by atoms with Crippen LogP contribution in [-0.2, 0) is 11.4 Å². The highest BCUT2D eigenvalue weighted by molar-refractivity contribution is 7.99. The van der Waals surface area contributed by atoms with Gasteiger partial charge in [-0.2, -0.15) is 0 Å². The number of fused-ring (bicyclic) bond motifs is 1. The second-order valence-corrected chi connectivity index (χ2v) is 10.9. The van der Waals surface area contributed by atoms with Gasteiger partial charge in [0.15, 0.2) is 0 Å². The van der Waals surface area contributed by atoms with Gasteiger partial charge in [0.2, 0.25) is 5.91 Å². The molecule has 0 aliphatic rings. The summed E-state index contributed by atoms with van der Waals surface area (Å²) in [6.45, 7) is 0.269. The standard InChI is InChI=1S/C29H26Cl2N2O4S/c1-33(2)27(34)12-13-38-28(20-8-11-25(31)24(15-20)29(35)36)19-4-3-5-23(14-19)37-17-22-10-7-18-6-9-21(30)16-26(18)32-22/h3-11,14-16,28H,12-13,17H2,1-2H3,(H,35,36). The number of carbonyl (C=O) groups excluding carboxylic acids is 1. The van der Waals surface area contributed by atoms with Gasteiger partial charge < -0.3 is 14.7 Å². The van der Waals surface area contributed by atoms with Gasteiger partial charge in [-0.3, -0.25) is 4.79 Å². The van der Waals surface area contributed by atoms with Gasteiger partial charge in [-0.15, -0.1) is 11.8 Å². The first-order valence-corrected chi connectivity index (χ1v) is 13.6. The van der Waals surface area contributed by atoms with Crippen LogP contribution in [0.4, 0.5) is 0 Å². The van der Waals surface area contributed by atoms with Gasteiger partial charge in [0, 0.05) is 36.7 Å². The summed E-state index contributed by atoms with van der Waals surface area (Å²) in [4.78, 5) is 30.1. The maximum atomic E-state index is 12.1. The lowest BCUT2D eigenvalue weighted by Gasteiger charge is -2.20. The molecule has 0 radical (unpaired) electrons. The number of thioether (sulfide) groups is 1. The molecule has 1 N–H and O–H groups in total. The van der Waals surface area contributed by atoms with Crippen LogP contribution in [0.1, 0.15) is 38.8 Å². The Kier molecular flexibility index (Phi) is 9.15. The lowest BCUT2D eigenvalue weighted by atomic mass is 10.0. The van der Waals surface area contributed by atoms with E-state index < -0.39 is 5.97 Å². The van der Waals surface area contributed by atoms with Crippen molar-refractivity contribution in [1.29, 1.82) is 0 Å². The molecule has 0 fully saturated rings. The minimum absolute atomic E-state index is 0.0276. The number of aromatic carboxylic acids is 1. The third-order valence-corrected chi connectivity index (χ3v) is 7.76. The van der Waals surface area contributed by atoms with E-state index in [9.17, 15) is 14.7 Å². The van der Waals surface area contributed by atoms with E-state index in [4.69, 9.17) is 27.9 Å². The fourth-order valence-electron chi connectivity index (χ4n) is 3.88. The number of rotatable bonds is 10. The van der Waals surface area contributed by atoms with Gasteiger partial charge >= 0.3 is 5.97 Å². The van der Waals surface area contributed by atoms with Gasteiger partial charge in [-0.1, -0.05) is 53.5 Å². The summed E-state index contributed by atoms with van der Waals surface area (Å²) >= 11 is 13.8. The van der Waals surface area contributed by atoms with Crippen molar-refractivity contribution in [2.24, 2.45) is 0 Å². The highest BCUT2D eigenvalue weighted by Gasteiger charge is 2.20. The summed E-state index contributed by atoms with van der Waals surface area (Å²) in [6, 6.07) is 22.1. The summed E-state index contributed by atoms with van der Waals surface area (Å²) in [5.41, 5.74) is 3.30. The fraction of sp³-hybridized carbons (Fsp3) is 0.207. The lowest BCUT2D eigenvalue weighted by Crippen LogP contribution is -2.22. The largest absolute Gasteiger partial charge is 0.487 e. The summed E-state index contributed by atoms with van der Waals surface area (Å²) in [6.07, 6.45) is 0.362. The molecule has 4 rings (SSSR count). The Labute approximate surface area is 235 Å². The first-order chi connectivity index (χ1) is 18.2. The number of halogens is 2. The molecule has 4 aromatic rings. The van der Waals surface area contributed by atoms with Gasteiger partial charge in [-0.05, 0) is 53.6 Å². The molecule has 1 amide bonds. The summed E-state index contributed by atoms with van der Waals surface area (Å²) in [5, 5.41) is 11.1. The van der Waals surface area contributed by atoms with Crippen LogP contribution in [0.25, 0.3) is 10.9 Å². The number of carboxylic acids is 1. The van der Waals surface area contributed by atoms with Gasteiger partial charge in [0.25, 0.3) is 0 Å². The molecule has 1 aromatic heterocycles. The first-order valence-electron chi connectivity index (χ1n) is 11.8. The zero-order valence-corrected chi connectivity index (χ0v) is 23.2. The average Bonchev–Trinajstić information content (AvgIpc) is 2.90. The molecule has 196 valence electrons. The highest BCUT2D eigenvalue weighted by atomic mass is 35.5. The number of hydrogen-bond donors (Lipinski definition) is 1. The Bertz CT molecular complexity index is 1480. The Morgan fingerprint density at radius 1 is 1.00 bits per heavy atom. The van der Waals surface area contributed by atoms with Crippen molar-refractivity contribution in [1.82, 2.24) is 9.88 Å². The van der Waals surface area contributed by atoms with E-state index >= 15 is 0 Å². The van der Waals surface area contributed by atoms with Gasteiger partial charge in [0.1, 0.15) is 12.4 Å². The van der Waals surface area contributed by atoms with Crippen LogP contribution in [0.2, 0.25) is 10.0 Å². The molecule has 0 aliphatic heterocycles. The lowest BCUT2D eigenvalue weighted by molar-refractivity contribution is -0.128. The quantitative estimate of drug-likeness (QED) is 0.219. The second-order valence-electron chi connectivity index (χ2n) is 8.83. The SMILES string of the molecule is CN(C)C(=O)CCSC(c1cccc(OCc2ccc3ccc(Cl)cc3n2)c1)c1ccc(Cl)c(C(=O)O)c1. The zero-order chi connectivity index (χ0) is 27.2. The molecule has 38 heavy (non-hydrogen) atoms. The Morgan fingerprint density at radius 3 is 2.53 bits per heavy atom. The topological polar surface area (TPSA) is 79.7 Å². The monoisotopic (exact) mass is 568 g/mol. The van der Waals surface area contributed by atoms with Gasteiger partial charge in [0.05, 0.1) is 27.0 Å². The van der Waals surface area contributed by atoms with E-state index in [0.29, 0.717) is 22.9 Å². The molecule has 3 aromatic carbocycles. The number of aromatic nitrogens is 1. The second kappa shape index (κ2) is 12.5. The zero-order valence-electron chi connectivity index (χ0n) is 20.9. The number of carboxylic acid groups (broad SMARTS) is 1. The minimum Gasteiger partial charge on any atom is -0.487 e. The predicted molar refractivity (Wildman–Crippen MR) is 154 cm³/mol. The molecule has 1 unspecified atom stereocenters. The molecule has 0 aliphatic carbocycles. The minimum atomic E-state index is -1.09. The van der Waals surface area contributed by atoms with Crippen LogP contribution in [-0.4, -0.2) is 46.7 Å². The number of amides is 1. The number of carbonyl (C=O) groups is 2. The molecule has 0 spiro atoms. The van der Waals surface area contributed by atoms with Gasteiger partial charge in [-0.25, -0.2) is 9.78 Å². The molecule has 6 nitrogen and oxygen atoms in total. The van der Waals surface area contributed by atoms with Crippen molar-refractivity contribution in [2.45, 2.75) is 18.3 Å². The van der Waals surface area contributed by atoms with Crippen molar-refractivity contribution in [3.8, 4) is 5.75 Å². The molecule has 1 heterocycles. The molecule has 9 heteroatoms. The van der Waals surface area contributed by atoms with Crippen LogP contribution in [0.5, 0.6) is 5.75 Å². The average molecular weight is 570 g/mol. The molecule has 0 bridgehead atoms. The fourth-order valence-corrected chi connectivity index (χ4v) is 5.45. The maximum Gasteiger partial charge on any atom is 0.337 e. The summed E-state index contributed by atoms with van der Waals surface area (Å²) in [5.74, 6) is 0.142. The van der Waals surface area contributed by atoms with Crippen molar-refractivity contribution in [2.75, 3.05) is 19.8 Å². The molecular weight excluding hydrogens is 543 g/mol. The summed E-state index contributed by atoms with van der Waals surface area (Å²) < 4.78 is 6.07. The Hall–Kier alpha value is -3.26. The maximum absolute atomic E-state index is 12.1. The van der Waals surface area contributed by atoms with Crippen molar-refractivity contribution >= 4 is 57.7 Å². The van der Waals surface area contributed by atoms with Crippen LogP contribution in [0.3, 0.4) is 0 Å². The third kappa shape index (κ3) is 6.98. The number of pyridine rings is 1. The van der Waals surface area contributed by atoms with E-state index in [-0.39, 0.29) is 28.4 Å². The normalized spacial score (nSPS) is 11.8. The Morgan fingerprint density at radius 2 is 1.76 bits per heavy atom. The molecule has 0 saturated heterocycles. The van der Waals surface area contributed by atoms with Crippen molar-refractivity contribution in [3.63, 3.8) is 0 Å². The first kappa shape index (κ1) is 27.8. The molecule has 1 atom stereocenters. The van der Waals surface area contributed by atoms with E-state index in [1.54, 1.807) is 42.9 Å². The molecule has 0 saturated carbocycles. The molecular formula is C29H26Cl2N2O4S. The van der Waals surface area contributed by atoms with Crippen LogP contribution in [0.15, 0.2) is 72.8 Å². The summed E-state index contributed by atoms with van der Waals surface area (Å²) in [7, 11) is 3.45. The van der Waals surface area contributed by atoms with Crippen molar-refractivity contribution < 1.29 is 19.4 Å². The van der Waals surface area contributed by atoms with E-state index in [0.717, 1.165) is 27.7 Å². The smallest absolute Gasteiger partial charge is 0.337 e. The number of benzene rings is 3. The number of nitrogens with zero attached hydrogens (tertiary/aromatic N) is 2.